The number of thiazole rings is 1. The number of nitrogens with zero attached hydrogens (tertiary/aromatic N) is 2. The van der Waals surface area contributed by atoms with Gasteiger partial charge in [-0.3, -0.25) is 10.2 Å². The molecular formula is C22H23N3O3S. The molecule has 0 aliphatic heterocycles. The number of benzene rings is 2. The van der Waals surface area contributed by atoms with Crippen molar-refractivity contribution in [1.29, 1.82) is 0 Å². The standard InChI is InChI=1S/C22H23N3O3S/c1-3-27-21(26)12-20-14-23-22(29-20)25-24-13-17-8-10-19(11-9-17)28-15-18-7-5-4-6-16(18)2/h4-11,13-14H,3,12,15H2,1-2H3,(H,23,25)/b24-13+. The molecular weight excluding hydrogens is 386 g/mol. The molecule has 0 fully saturated rings. The minimum absolute atomic E-state index is 0.223. The zero-order valence-corrected chi connectivity index (χ0v) is 17.2. The molecule has 3 aromatic rings. The van der Waals surface area contributed by atoms with Crippen LogP contribution in [0.15, 0.2) is 59.8 Å². The van der Waals surface area contributed by atoms with Crippen molar-refractivity contribution < 1.29 is 14.3 Å². The third-order valence-corrected chi connectivity index (χ3v) is 4.99. The number of hydrazone groups is 1. The van der Waals surface area contributed by atoms with Crippen molar-refractivity contribution in [1.82, 2.24) is 4.98 Å². The third kappa shape index (κ3) is 6.43. The highest BCUT2D eigenvalue weighted by Gasteiger charge is 2.07. The van der Waals surface area contributed by atoms with Gasteiger partial charge in [-0.1, -0.05) is 35.6 Å². The summed E-state index contributed by atoms with van der Waals surface area (Å²) in [6, 6.07) is 15.9. The predicted molar refractivity (Wildman–Crippen MR) is 116 cm³/mol. The number of hydrogen-bond donors (Lipinski definition) is 1. The van der Waals surface area contributed by atoms with E-state index in [9.17, 15) is 4.79 Å². The first-order chi connectivity index (χ1) is 14.1. The average molecular weight is 410 g/mol. The Morgan fingerprint density at radius 3 is 2.76 bits per heavy atom. The number of nitrogens with one attached hydrogen (secondary N) is 1. The molecule has 0 spiro atoms. The molecule has 0 amide bonds. The van der Waals surface area contributed by atoms with Crippen LogP contribution in [0.1, 0.15) is 28.5 Å². The third-order valence-electron chi connectivity index (χ3n) is 4.09. The Kier molecular flexibility index (Phi) is 7.35. The summed E-state index contributed by atoms with van der Waals surface area (Å²) in [6.45, 7) is 4.78. The van der Waals surface area contributed by atoms with Gasteiger partial charge in [0.2, 0.25) is 5.13 Å². The van der Waals surface area contributed by atoms with E-state index in [1.54, 1.807) is 19.3 Å². The highest BCUT2D eigenvalue weighted by atomic mass is 32.1. The van der Waals surface area contributed by atoms with Crippen LogP contribution in [0.5, 0.6) is 5.75 Å². The number of rotatable bonds is 9. The normalized spacial score (nSPS) is 10.8. The molecule has 0 saturated heterocycles. The van der Waals surface area contributed by atoms with Gasteiger partial charge in [-0.15, -0.1) is 0 Å². The van der Waals surface area contributed by atoms with Crippen LogP contribution in [0.3, 0.4) is 0 Å². The fraction of sp³-hybridized carbons (Fsp3) is 0.227. The van der Waals surface area contributed by atoms with Crippen molar-refractivity contribution in [2.75, 3.05) is 12.0 Å². The first-order valence-electron chi connectivity index (χ1n) is 9.31. The molecule has 0 radical (unpaired) electrons. The topological polar surface area (TPSA) is 72.8 Å². The van der Waals surface area contributed by atoms with Crippen molar-refractivity contribution in [3.05, 3.63) is 76.3 Å². The molecule has 1 aromatic heterocycles. The first-order valence-corrected chi connectivity index (χ1v) is 10.1. The summed E-state index contributed by atoms with van der Waals surface area (Å²) >= 11 is 1.37. The van der Waals surface area contributed by atoms with Crippen molar-refractivity contribution in [3.8, 4) is 5.75 Å². The number of carbonyl (C=O) groups is 1. The monoisotopic (exact) mass is 409 g/mol. The van der Waals surface area contributed by atoms with Gasteiger partial charge in [0.25, 0.3) is 0 Å². The Morgan fingerprint density at radius 1 is 1.21 bits per heavy atom. The average Bonchev–Trinajstić information content (AvgIpc) is 3.15. The summed E-state index contributed by atoms with van der Waals surface area (Å²) in [7, 11) is 0. The minimum atomic E-state index is -0.254. The van der Waals surface area contributed by atoms with E-state index < -0.39 is 0 Å². The summed E-state index contributed by atoms with van der Waals surface area (Å²) in [5.41, 5.74) is 6.21. The Bertz CT molecular complexity index is 967. The molecule has 150 valence electrons. The van der Waals surface area contributed by atoms with Crippen LogP contribution >= 0.6 is 11.3 Å². The molecule has 1 N–H and O–H groups in total. The van der Waals surface area contributed by atoms with Gasteiger partial charge in [-0.05, 0) is 54.8 Å². The summed E-state index contributed by atoms with van der Waals surface area (Å²) < 4.78 is 10.8. The second kappa shape index (κ2) is 10.4. The van der Waals surface area contributed by atoms with Gasteiger partial charge >= 0.3 is 5.97 Å². The zero-order chi connectivity index (χ0) is 20.5. The molecule has 7 heteroatoms. The van der Waals surface area contributed by atoms with Crippen molar-refractivity contribution >= 4 is 28.7 Å². The quantitative estimate of drug-likeness (QED) is 0.318. The van der Waals surface area contributed by atoms with E-state index >= 15 is 0 Å². The highest BCUT2D eigenvalue weighted by Crippen LogP contribution is 2.19. The molecule has 6 nitrogen and oxygen atoms in total. The van der Waals surface area contributed by atoms with Gasteiger partial charge in [-0.25, -0.2) is 4.98 Å². The maximum atomic E-state index is 11.5. The van der Waals surface area contributed by atoms with Crippen LogP contribution in [-0.2, 0) is 22.6 Å². The smallest absolute Gasteiger partial charge is 0.311 e. The van der Waals surface area contributed by atoms with Crippen LogP contribution in [0, 0.1) is 6.92 Å². The van der Waals surface area contributed by atoms with Gasteiger partial charge in [0, 0.05) is 11.1 Å². The fourth-order valence-corrected chi connectivity index (χ4v) is 3.29. The molecule has 0 saturated carbocycles. The molecule has 0 unspecified atom stereocenters. The second-order valence-electron chi connectivity index (χ2n) is 6.27. The number of aryl methyl sites for hydroxylation is 1. The fourth-order valence-electron chi connectivity index (χ4n) is 2.54. The first kappa shape index (κ1) is 20.5. The Morgan fingerprint density at radius 2 is 2.00 bits per heavy atom. The number of aromatic nitrogens is 1. The van der Waals surface area contributed by atoms with Crippen molar-refractivity contribution in [2.45, 2.75) is 26.9 Å². The molecule has 0 bridgehead atoms. The molecule has 0 atom stereocenters. The molecule has 0 aliphatic rings. The lowest BCUT2D eigenvalue weighted by atomic mass is 10.1. The van der Waals surface area contributed by atoms with Gasteiger partial charge in [-0.2, -0.15) is 5.10 Å². The number of carbonyl (C=O) groups excluding carboxylic acids is 1. The van der Waals surface area contributed by atoms with Crippen LogP contribution in [0.4, 0.5) is 5.13 Å². The van der Waals surface area contributed by atoms with Crippen molar-refractivity contribution in [2.24, 2.45) is 5.10 Å². The van der Waals surface area contributed by atoms with E-state index in [0.29, 0.717) is 18.3 Å². The number of ether oxygens (including phenoxy) is 2. The summed E-state index contributed by atoms with van der Waals surface area (Å²) in [5, 5.41) is 4.82. The number of anilines is 1. The Hall–Kier alpha value is -3.19. The van der Waals surface area contributed by atoms with Crippen molar-refractivity contribution in [3.63, 3.8) is 0 Å². The largest absolute Gasteiger partial charge is 0.489 e. The van der Waals surface area contributed by atoms with E-state index in [4.69, 9.17) is 9.47 Å². The second-order valence-corrected chi connectivity index (χ2v) is 7.38. The highest BCUT2D eigenvalue weighted by molar-refractivity contribution is 7.15. The molecule has 3 rings (SSSR count). The van der Waals surface area contributed by atoms with E-state index in [0.717, 1.165) is 16.2 Å². The summed E-state index contributed by atoms with van der Waals surface area (Å²) in [4.78, 5) is 16.5. The molecule has 1 heterocycles. The Labute approximate surface area is 174 Å². The van der Waals surface area contributed by atoms with Gasteiger partial charge < -0.3 is 9.47 Å². The lowest BCUT2D eigenvalue weighted by Gasteiger charge is -2.08. The lowest BCUT2D eigenvalue weighted by Crippen LogP contribution is -2.06. The van der Waals surface area contributed by atoms with Crippen LogP contribution < -0.4 is 10.2 Å². The lowest BCUT2D eigenvalue weighted by molar-refractivity contribution is -0.142. The summed E-state index contributed by atoms with van der Waals surface area (Å²) in [5.74, 6) is 0.554. The van der Waals surface area contributed by atoms with E-state index in [1.807, 2.05) is 36.4 Å². The maximum Gasteiger partial charge on any atom is 0.311 e. The molecule has 0 aliphatic carbocycles. The number of hydrogen-bond acceptors (Lipinski definition) is 7. The zero-order valence-electron chi connectivity index (χ0n) is 16.4. The van der Waals surface area contributed by atoms with E-state index in [2.05, 4.69) is 34.6 Å². The molecule has 29 heavy (non-hydrogen) atoms. The minimum Gasteiger partial charge on any atom is -0.489 e. The van der Waals surface area contributed by atoms with Gasteiger partial charge in [0.1, 0.15) is 12.4 Å². The predicted octanol–water partition coefficient (Wildman–Crippen LogP) is 4.58. The molecule has 2 aromatic carbocycles. The summed E-state index contributed by atoms with van der Waals surface area (Å²) in [6.07, 6.45) is 3.58. The maximum absolute atomic E-state index is 11.5. The van der Waals surface area contributed by atoms with E-state index in [1.165, 1.54) is 22.5 Å². The SMILES string of the molecule is CCOC(=O)Cc1cnc(N/N=C/c2ccc(OCc3ccccc3C)cc2)s1. The van der Waals surface area contributed by atoms with Gasteiger partial charge in [0.05, 0.1) is 19.2 Å². The van der Waals surface area contributed by atoms with Crippen LogP contribution in [-0.4, -0.2) is 23.8 Å². The van der Waals surface area contributed by atoms with E-state index in [-0.39, 0.29) is 12.4 Å². The van der Waals surface area contributed by atoms with Crippen LogP contribution in [0.2, 0.25) is 0 Å². The Balaban J connectivity index is 1.48. The van der Waals surface area contributed by atoms with Gasteiger partial charge in [0.15, 0.2) is 0 Å². The van der Waals surface area contributed by atoms with Crippen LogP contribution in [0.25, 0.3) is 0 Å². The number of esters is 1.